The number of ether oxygens (including phenoxy) is 1. The van der Waals surface area contributed by atoms with Crippen LogP contribution in [-0.4, -0.2) is 112 Å². The van der Waals surface area contributed by atoms with Crippen LogP contribution < -0.4 is 9.64 Å². The van der Waals surface area contributed by atoms with Crippen LogP contribution in [0.5, 0.6) is 5.75 Å². The fourth-order valence-corrected chi connectivity index (χ4v) is 11.5. The Morgan fingerprint density at radius 2 is 1.21 bits per heavy atom. The SMILES string of the molecule is CCCCCCCCCCCCCCCCOc1ccc(S(=O)(=O)c2cnc3ccc(SC)cc3c2N2CCC(N3CCN(C4CCN(CC)CC4)CC3)CC2)cc1. The second kappa shape index (κ2) is 23.6. The first-order chi connectivity index (χ1) is 28.4. The number of aromatic nitrogens is 1. The van der Waals surface area contributed by atoms with E-state index in [4.69, 9.17) is 9.72 Å². The number of unbranched alkanes of at least 4 members (excludes halogenated alkanes) is 13. The molecule has 3 aliphatic heterocycles. The number of anilines is 1. The average molecular weight is 834 g/mol. The minimum absolute atomic E-state index is 0.285. The zero-order valence-electron chi connectivity index (χ0n) is 36.3. The van der Waals surface area contributed by atoms with Gasteiger partial charge in [-0.15, -0.1) is 11.8 Å². The highest BCUT2D eigenvalue weighted by molar-refractivity contribution is 7.98. The highest BCUT2D eigenvalue weighted by atomic mass is 32.2. The van der Waals surface area contributed by atoms with Crippen molar-refractivity contribution in [1.82, 2.24) is 19.7 Å². The molecule has 3 aromatic rings. The molecule has 6 rings (SSSR count). The molecule has 3 saturated heterocycles. The Morgan fingerprint density at radius 1 is 0.672 bits per heavy atom. The maximum atomic E-state index is 14.5. The molecule has 0 saturated carbocycles. The van der Waals surface area contributed by atoms with Crippen molar-refractivity contribution in [3.05, 3.63) is 48.7 Å². The molecule has 3 fully saturated rings. The molecule has 3 aliphatic rings. The van der Waals surface area contributed by atoms with E-state index in [0.717, 1.165) is 91.8 Å². The lowest BCUT2D eigenvalue weighted by atomic mass is 9.99. The van der Waals surface area contributed by atoms with Gasteiger partial charge in [-0.25, -0.2) is 8.42 Å². The predicted molar refractivity (Wildman–Crippen MR) is 245 cm³/mol. The lowest BCUT2D eigenvalue weighted by Gasteiger charge is -2.46. The fraction of sp³-hybridized carbons (Fsp3) is 0.688. The zero-order chi connectivity index (χ0) is 40.6. The van der Waals surface area contributed by atoms with Gasteiger partial charge in [-0.05, 0) is 100 Å². The molecular weight excluding hydrogens is 759 g/mol. The summed E-state index contributed by atoms with van der Waals surface area (Å²) < 4.78 is 35.1. The van der Waals surface area contributed by atoms with Crippen molar-refractivity contribution >= 4 is 38.2 Å². The number of sulfone groups is 1. The van der Waals surface area contributed by atoms with E-state index in [2.05, 4.69) is 51.8 Å². The summed E-state index contributed by atoms with van der Waals surface area (Å²) in [4.78, 5) is 16.8. The van der Waals surface area contributed by atoms with Crippen LogP contribution in [0.4, 0.5) is 5.69 Å². The van der Waals surface area contributed by atoms with Crippen molar-refractivity contribution in [2.24, 2.45) is 0 Å². The van der Waals surface area contributed by atoms with Crippen molar-refractivity contribution in [2.45, 2.75) is 156 Å². The molecule has 0 radical (unpaired) electrons. The summed E-state index contributed by atoms with van der Waals surface area (Å²) in [7, 11) is -3.84. The maximum absolute atomic E-state index is 14.5. The summed E-state index contributed by atoms with van der Waals surface area (Å²) in [5.41, 5.74) is 1.64. The van der Waals surface area contributed by atoms with Crippen LogP contribution in [0.25, 0.3) is 10.9 Å². The van der Waals surface area contributed by atoms with Gasteiger partial charge in [0.15, 0.2) is 0 Å². The molecule has 0 spiro atoms. The van der Waals surface area contributed by atoms with E-state index in [9.17, 15) is 8.42 Å². The van der Waals surface area contributed by atoms with Gasteiger partial charge in [0.25, 0.3) is 0 Å². The number of hydrogen-bond acceptors (Lipinski definition) is 9. The second-order valence-corrected chi connectivity index (χ2v) is 20.0. The van der Waals surface area contributed by atoms with Gasteiger partial charge in [0.2, 0.25) is 9.84 Å². The number of piperidine rings is 2. The number of nitrogens with zero attached hydrogens (tertiary/aromatic N) is 5. The van der Waals surface area contributed by atoms with E-state index in [0.29, 0.717) is 17.5 Å². The summed E-state index contributed by atoms with van der Waals surface area (Å²) in [6.07, 6.45) is 26.9. The van der Waals surface area contributed by atoms with Gasteiger partial charge in [0.1, 0.15) is 10.6 Å². The largest absolute Gasteiger partial charge is 0.494 e. The number of hydrogen-bond donors (Lipinski definition) is 0. The van der Waals surface area contributed by atoms with Crippen molar-refractivity contribution in [3.8, 4) is 5.75 Å². The Hall–Kier alpha value is -2.37. The van der Waals surface area contributed by atoms with Crippen molar-refractivity contribution < 1.29 is 13.2 Å². The first-order valence-electron chi connectivity index (χ1n) is 23.3. The monoisotopic (exact) mass is 834 g/mol. The van der Waals surface area contributed by atoms with Crippen LogP contribution in [0.15, 0.2) is 63.3 Å². The number of benzene rings is 2. The van der Waals surface area contributed by atoms with Crippen LogP contribution in [0.3, 0.4) is 0 Å². The van der Waals surface area contributed by atoms with E-state index >= 15 is 0 Å². The lowest BCUT2D eigenvalue weighted by Crippen LogP contribution is -2.56. The van der Waals surface area contributed by atoms with E-state index in [-0.39, 0.29) is 4.90 Å². The Balaban J connectivity index is 0.996. The predicted octanol–water partition coefficient (Wildman–Crippen LogP) is 10.7. The van der Waals surface area contributed by atoms with E-state index in [1.807, 2.05) is 18.2 Å². The van der Waals surface area contributed by atoms with Crippen LogP contribution in [0.2, 0.25) is 0 Å². The van der Waals surface area contributed by atoms with E-state index in [1.165, 1.54) is 116 Å². The molecule has 10 heteroatoms. The van der Waals surface area contributed by atoms with Crippen molar-refractivity contribution in [3.63, 3.8) is 0 Å². The molecule has 0 bridgehead atoms. The van der Waals surface area contributed by atoms with Gasteiger partial charge in [0.05, 0.1) is 22.7 Å². The van der Waals surface area contributed by atoms with Gasteiger partial charge in [-0.1, -0.05) is 97.3 Å². The van der Waals surface area contributed by atoms with Crippen LogP contribution in [0.1, 0.15) is 129 Å². The summed E-state index contributed by atoms with van der Waals surface area (Å²) in [5, 5.41) is 0.919. The lowest BCUT2D eigenvalue weighted by molar-refractivity contribution is 0.0384. The van der Waals surface area contributed by atoms with E-state index < -0.39 is 9.84 Å². The average Bonchev–Trinajstić information content (AvgIpc) is 3.27. The number of fused-ring (bicyclic) bond motifs is 1. The molecule has 0 aliphatic carbocycles. The second-order valence-electron chi connectivity index (χ2n) is 17.2. The topological polar surface area (TPSA) is 69.2 Å². The molecule has 0 amide bonds. The third-order valence-corrected chi connectivity index (χ3v) is 15.9. The van der Waals surface area contributed by atoms with Gasteiger partial charge in [-0.3, -0.25) is 14.8 Å². The Morgan fingerprint density at radius 3 is 1.74 bits per heavy atom. The number of thioether (sulfide) groups is 1. The first kappa shape index (κ1) is 45.2. The molecule has 322 valence electrons. The van der Waals surface area contributed by atoms with Crippen molar-refractivity contribution in [1.29, 1.82) is 0 Å². The molecule has 0 atom stereocenters. The van der Waals surface area contributed by atoms with Crippen LogP contribution in [0, 0.1) is 0 Å². The van der Waals surface area contributed by atoms with Gasteiger partial charge in [0, 0.05) is 67.8 Å². The molecule has 0 N–H and O–H groups in total. The van der Waals surface area contributed by atoms with Crippen LogP contribution >= 0.6 is 11.8 Å². The molecule has 1 aromatic heterocycles. The molecule has 2 aromatic carbocycles. The summed E-state index contributed by atoms with van der Waals surface area (Å²) >= 11 is 1.68. The molecular formula is C48H75N5O3S2. The van der Waals surface area contributed by atoms with Crippen molar-refractivity contribution in [2.75, 3.05) is 76.7 Å². The molecule has 4 heterocycles. The smallest absolute Gasteiger partial charge is 0.210 e. The number of piperazine rings is 1. The third kappa shape index (κ3) is 12.6. The minimum Gasteiger partial charge on any atom is -0.494 e. The Kier molecular flexibility index (Phi) is 18.4. The quantitative estimate of drug-likeness (QED) is 0.0686. The Bertz CT molecular complexity index is 1750. The summed E-state index contributed by atoms with van der Waals surface area (Å²) in [5.74, 6) is 0.722. The number of likely N-dealkylation sites (tertiary alicyclic amines) is 1. The first-order valence-corrected chi connectivity index (χ1v) is 26.0. The zero-order valence-corrected chi connectivity index (χ0v) is 38.0. The standard InChI is InChI=1S/C48H75N5O3S2/c1-4-6-7-8-9-10-11-12-13-14-15-16-17-18-37-56-42-19-22-44(23-20-42)58(54,55)47-39-49-46-24-21-43(57-3)38-45(46)48(47)53-31-27-41(28-32-53)52-35-33-51(34-36-52)40-25-29-50(5-2)30-26-40/h19-24,38-41H,4-18,25-37H2,1-3H3. The molecule has 0 unspecified atom stereocenters. The third-order valence-electron chi connectivity index (χ3n) is 13.4. The maximum Gasteiger partial charge on any atom is 0.210 e. The van der Waals surface area contributed by atoms with E-state index in [1.54, 1.807) is 30.1 Å². The Labute approximate surface area is 356 Å². The van der Waals surface area contributed by atoms with Gasteiger partial charge >= 0.3 is 0 Å². The summed E-state index contributed by atoms with van der Waals surface area (Å²) in [6.45, 7) is 15.1. The fourth-order valence-electron chi connectivity index (χ4n) is 9.64. The van der Waals surface area contributed by atoms with Gasteiger partial charge in [-0.2, -0.15) is 0 Å². The summed E-state index contributed by atoms with van der Waals surface area (Å²) in [6, 6.07) is 14.6. The number of rotatable bonds is 23. The number of pyridine rings is 1. The highest BCUT2D eigenvalue weighted by Crippen LogP contribution is 2.39. The molecule has 8 nitrogen and oxygen atoms in total. The minimum atomic E-state index is -3.84. The normalized spacial score (nSPS) is 18.4. The van der Waals surface area contributed by atoms with Crippen LogP contribution in [-0.2, 0) is 9.84 Å². The highest BCUT2D eigenvalue weighted by Gasteiger charge is 2.34. The molecule has 58 heavy (non-hydrogen) atoms. The van der Waals surface area contributed by atoms with Gasteiger partial charge < -0.3 is 14.5 Å².